The monoisotopic (exact) mass is 421 g/mol. The van der Waals surface area contributed by atoms with Gasteiger partial charge in [-0.3, -0.25) is 9.59 Å². The van der Waals surface area contributed by atoms with E-state index in [1.54, 1.807) is 18.2 Å². The molecule has 1 aliphatic rings. The first-order valence-corrected chi connectivity index (χ1v) is 9.63. The summed E-state index contributed by atoms with van der Waals surface area (Å²) in [5, 5.41) is 12.0. The van der Waals surface area contributed by atoms with Gasteiger partial charge in [0.25, 0.3) is 5.91 Å². The van der Waals surface area contributed by atoms with E-state index in [9.17, 15) is 14.7 Å². The average molecular weight is 422 g/mol. The number of rotatable bonds is 6. The Morgan fingerprint density at radius 2 is 1.86 bits per heavy atom. The lowest BCUT2D eigenvalue weighted by Crippen LogP contribution is -2.43. The van der Waals surface area contributed by atoms with Crippen LogP contribution in [0.1, 0.15) is 30.0 Å². The number of fused-ring (bicyclic) bond motifs is 1. The van der Waals surface area contributed by atoms with Crippen LogP contribution in [0.5, 0.6) is 5.75 Å². The second-order valence-electron chi connectivity index (χ2n) is 7.04. The third-order valence-electron chi connectivity index (χ3n) is 4.84. The Morgan fingerprint density at radius 3 is 2.50 bits per heavy atom. The van der Waals surface area contributed by atoms with Crippen molar-refractivity contribution in [2.45, 2.75) is 32.8 Å². The first-order valence-electron chi connectivity index (χ1n) is 8.87. The number of carbonyl (C=O) groups is 2. The van der Waals surface area contributed by atoms with E-state index in [2.05, 4.69) is 0 Å². The Balaban J connectivity index is 1.89. The van der Waals surface area contributed by atoms with E-state index in [1.165, 1.54) is 11.8 Å². The summed E-state index contributed by atoms with van der Waals surface area (Å²) in [6, 6.07) is 8.64. The number of ether oxygens (including phenoxy) is 1. The molecule has 0 spiro atoms. The number of carbonyl (C=O) groups excluding carboxylic acids is 2. The number of hydrogen-bond acceptors (Lipinski definition) is 4. The molecule has 0 saturated heterocycles. The van der Waals surface area contributed by atoms with Gasteiger partial charge < -0.3 is 14.7 Å². The largest absolute Gasteiger partial charge is 0.490 e. The molecule has 0 fully saturated rings. The molecule has 0 bridgehead atoms. The van der Waals surface area contributed by atoms with Crippen molar-refractivity contribution in [2.24, 2.45) is 0 Å². The lowest BCUT2D eigenvalue weighted by molar-refractivity contribution is -0.141. The fourth-order valence-electron chi connectivity index (χ4n) is 3.67. The zero-order valence-corrected chi connectivity index (χ0v) is 17.4. The lowest BCUT2D eigenvalue weighted by Gasteiger charge is -2.23. The van der Waals surface area contributed by atoms with Gasteiger partial charge in [0.2, 0.25) is 0 Å². The Morgan fingerprint density at radius 1 is 1.18 bits per heavy atom. The van der Waals surface area contributed by atoms with Gasteiger partial charge in [-0.25, -0.2) is 0 Å². The number of hydrogen-bond donors (Lipinski definition) is 1. The van der Waals surface area contributed by atoms with Crippen LogP contribution in [0.15, 0.2) is 30.3 Å². The van der Waals surface area contributed by atoms with Crippen molar-refractivity contribution in [3.05, 3.63) is 57.1 Å². The Kier molecular flexibility index (Phi) is 5.71. The van der Waals surface area contributed by atoms with Crippen LogP contribution in [0.25, 0.3) is 0 Å². The van der Waals surface area contributed by atoms with Crippen molar-refractivity contribution in [1.29, 1.82) is 0 Å². The van der Waals surface area contributed by atoms with Crippen LogP contribution in [0.4, 0.5) is 5.69 Å². The summed E-state index contributed by atoms with van der Waals surface area (Å²) in [6.45, 7) is 5.43. The summed E-state index contributed by atoms with van der Waals surface area (Å²) in [5.74, 6) is -0.312. The van der Waals surface area contributed by atoms with Gasteiger partial charge in [0.1, 0.15) is 18.1 Å². The van der Waals surface area contributed by atoms with Crippen LogP contribution in [-0.2, 0) is 15.2 Å². The van der Waals surface area contributed by atoms with E-state index in [-0.39, 0.29) is 25.4 Å². The van der Waals surface area contributed by atoms with Crippen LogP contribution in [0.2, 0.25) is 10.0 Å². The highest BCUT2D eigenvalue weighted by Crippen LogP contribution is 2.46. The number of ketones is 1. The molecule has 1 atom stereocenters. The molecular formula is C21H21Cl2NO4. The maximum atomic E-state index is 13.1. The van der Waals surface area contributed by atoms with Gasteiger partial charge in [0.15, 0.2) is 5.60 Å². The minimum Gasteiger partial charge on any atom is -0.490 e. The number of benzene rings is 2. The third kappa shape index (κ3) is 3.62. The zero-order chi connectivity index (χ0) is 20.6. The van der Waals surface area contributed by atoms with E-state index in [1.807, 2.05) is 26.0 Å². The Labute approximate surface area is 173 Å². The lowest BCUT2D eigenvalue weighted by atomic mass is 9.86. The Bertz CT molecular complexity index is 960. The van der Waals surface area contributed by atoms with E-state index < -0.39 is 11.5 Å². The van der Waals surface area contributed by atoms with Gasteiger partial charge >= 0.3 is 0 Å². The zero-order valence-electron chi connectivity index (χ0n) is 15.9. The minimum absolute atomic E-state index is 0.163. The molecule has 148 valence electrons. The van der Waals surface area contributed by atoms with Crippen LogP contribution in [0.3, 0.4) is 0 Å². The van der Waals surface area contributed by atoms with Gasteiger partial charge in [-0.2, -0.15) is 0 Å². The average Bonchev–Trinajstić information content (AvgIpc) is 2.82. The molecule has 1 heterocycles. The summed E-state index contributed by atoms with van der Waals surface area (Å²) in [6.07, 6.45) is -0.260. The van der Waals surface area contributed by atoms with Gasteiger partial charge in [0, 0.05) is 17.0 Å². The van der Waals surface area contributed by atoms with Crippen molar-refractivity contribution in [1.82, 2.24) is 0 Å². The molecule has 1 unspecified atom stereocenters. The van der Waals surface area contributed by atoms with Crippen LogP contribution >= 0.6 is 23.2 Å². The maximum Gasteiger partial charge on any atom is 0.264 e. The van der Waals surface area contributed by atoms with Crippen molar-refractivity contribution >= 4 is 40.6 Å². The molecule has 1 N–H and O–H groups in total. The molecule has 7 heteroatoms. The molecule has 5 nitrogen and oxygen atoms in total. The van der Waals surface area contributed by atoms with Crippen molar-refractivity contribution in [2.75, 3.05) is 18.1 Å². The summed E-state index contributed by atoms with van der Waals surface area (Å²) < 4.78 is 5.70. The van der Waals surface area contributed by atoms with E-state index in [0.717, 1.165) is 11.1 Å². The summed E-state index contributed by atoms with van der Waals surface area (Å²) in [5.41, 5.74) is 0.895. The highest BCUT2D eigenvalue weighted by molar-refractivity contribution is 6.35. The highest BCUT2D eigenvalue weighted by Gasteiger charge is 2.51. The number of aryl methyl sites for hydroxylation is 2. The highest BCUT2D eigenvalue weighted by atomic mass is 35.5. The number of nitrogens with zero attached hydrogens (tertiary/aromatic N) is 1. The number of anilines is 1. The van der Waals surface area contributed by atoms with Crippen LogP contribution < -0.4 is 9.64 Å². The quantitative estimate of drug-likeness (QED) is 0.758. The first-order chi connectivity index (χ1) is 13.1. The van der Waals surface area contributed by atoms with Gasteiger partial charge in [-0.15, -0.1) is 0 Å². The molecule has 0 aromatic heterocycles. The number of Topliss-reactive ketones (excluding diaryl/α,β-unsaturated/α-hetero) is 1. The molecule has 0 radical (unpaired) electrons. The standard InChI is InChI=1S/C21H21Cl2NO4/c1-12-4-5-13(2)19-18(12)21(27,11-14(3)25)20(26)24(19)8-9-28-17-7-6-15(22)10-16(17)23/h4-7,10,27H,8-9,11H2,1-3H3. The van der Waals surface area contributed by atoms with Crippen molar-refractivity contribution in [3.63, 3.8) is 0 Å². The Hall–Kier alpha value is -2.08. The predicted molar refractivity (Wildman–Crippen MR) is 109 cm³/mol. The summed E-state index contributed by atoms with van der Waals surface area (Å²) in [7, 11) is 0. The first kappa shape index (κ1) is 20.6. The van der Waals surface area contributed by atoms with Crippen molar-refractivity contribution in [3.8, 4) is 5.75 Å². The van der Waals surface area contributed by atoms with E-state index in [0.29, 0.717) is 27.0 Å². The maximum absolute atomic E-state index is 13.1. The molecule has 2 aromatic carbocycles. The summed E-state index contributed by atoms with van der Waals surface area (Å²) >= 11 is 12.0. The fraction of sp³-hybridized carbons (Fsp3) is 0.333. The second-order valence-corrected chi connectivity index (χ2v) is 7.89. The molecular weight excluding hydrogens is 401 g/mol. The fourth-order valence-corrected chi connectivity index (χ4v) is 4.14. The molecule has 2 aromatic rings. The SMILES string of the molecule is CC(=O)CC1(O)C(=O)N(CCOc2ccc(Cl)cc2Cl)c2c(C)ccc(C)c21. The molecule has 1 aliphatic heterocycles. The normalized spacial score (nSPS) is 18.4. The molecule has 0 aliphatic carbocycles. The second kappa shape index (κ2) is 7.74. The van der Waals surface area contributed by atoms with Gasteiger partial charge in [-0.1, -0.05) is 35.3 Å². The van der Waals surface area contributed by atoms with Crippen LogP contribution in [0, 0.1) is 13.8 Å². The number of amides is 1. The topological polar surface area (TPSA) is 66.8 Å². The molecule has 28 heavy (non-hydrogen) atoms. The minimum atomic E-state index is -1.85. The molecule has 0 saturated carbocycles. The van der Waals surface area contributed by atoms with Gasteiger partial charge in [-0.05, 0) is 50.1 Å². The number of aliphatic hydroxyl groups is 1. The summed E-state index contributed by atoms with van der Waals surface area (Å²) in [4.78, 5) is 26.3. The van der Waals surface area contributed by atoms with Gasteiger partial charge in [0.05, 0.1) is 17.3 Å². The predicted octanol–water partition coefficient (Wildman–Crippen LogP) is 4.20. The molecule has 3 rings (SSSR count). The van der Waals surface area contributed by atoms with E-state index >= 15 is 0 Å². The van der Waals surface area contributed by atoms with Crippen molar-refractivity contribution < 1.29 is 19.4 Å². The van der Waals surface area contributed by atoms with Crippen LogP contribution in [-0.4, -0.2) is 29.9 Å². The third-order valence-corrected chi connectivity index (χ3v) is 5.37. The number of halogens is 2. The molecule has 1 amide bonds. The smallest absolute Gasteiger partial charge is 0.264 e. The van der Waals surface area contributed by atoms with E-state index in [4.69, 9.17) is 27.9 Å².